The van der Waals surface area contributed by atoms with E-state index in [-0.39, 0.29) is 12.8 Å². The maximum atomic E-state index is 11.9. The van der Waals surface area contributed by atoms with Crippen LogP contribution in [0, 0.1) is 0 Å². The first-order valence-electron chi connectivity index (χ1n) is 7.09. The highest BCUT2D eigenvalue weighted by Gasteiger charge is 2.19. The summed E-state index contributed by atoms with van der Waals surface area (Å²) in [5.41, 5.74) is 5.57. The number of hydrogen-bond donors (Lipinski definition) is 3. The average molecular weight is 336 g/mol. The fourth-order valence-corrected chi connectivity index (χ4v) is 1.90. The van der Waals surface area contributed by atoms with Crippen molar-refractivity contribution in [3.8, 4) is 11.5 Å². The van der Waals surface area contributed by atoms with Gasteiger partial charge in [-0.15, -0.1) is 0 Å². The van der Waals surface area contributed by atoms with E-state index in [1.165, 1.54) is 26.4 Å². The van der Waals surface area contributed by atoms with Gasteiger partial charge in [0.25, 0.3) is 0 Å². The van der Waals surface area contributed by atoms with Gasteiger partial charge in [0.2, 0.25) is 11.8 Å². The van der Waals surface area contributed by atoms with Crippen LogP contribution in [-0.4, -0.2) is 43.2 Å². The smallest absolute Gasteiger partial charge is 0.326 e. The van der Waals surface area contributed by atoms with Crippen molar-refractivity contribution >= 4 is 23.9 Å². The van der Waals surface area contributed by atoms with Gasteiger partial charge in [-0.05, 0) is 30.7 Å². The fraction of sp³-hybridized carbons (Fsp3) is 0.312. The summed E-state index contributed by atoms with van der Waals surface area (Å²) in [4.78, 5) is 33.7. The van der Waals surface area contributed by atoms with Crippen molar-refractivity contribution < 1.29 is 29.0 Å². The molecule has 4 N–H and O–H groups in total. The normalized spacial score (nSPS) is 11.8. The van der Waals surface area contributed by atoms with Crippen LogP contribution >= 0.6 is 0 Å². The van der Waals surface area contributed by atoms with Gasteiger partial charge in [-0.25, -0.2) is 4.79 Å². The maximum absolute atomic E-state index is 11.9. The van der Waals surface area contributed by atoms with Crippen LogP contribution in [0.15, 0.2) is 24.3 Å². The Kier molecular flexibility index (Phi) is 7.28. The summed E-state index contributed by atoms with van der Waals surface area (Å²) in [6.45, 7) is 0. The third-order valence-corrected chi connectivity index (χ3v) is 3.15. The van der Waals surface area contributed by atoms with E-state index in [9.17, 15) is 14.4 Å². The van der Waals surface area contributed by atoms with Crippen molar-refractivity contribution in [3.63, 3.8) is 0 Å². The second-order valence-electron chi connectivity index (χ2n) is 4.85. The molecule has 0 aromatic heterocycles. The zero-order valence-corrected chi connectivity index (χ0v) is 13.4. The summed E-state index contributed by atoms with van der Waals surface area (Å²) in [5, 5.41) is 11.3. The van der Waals surface area contributed by atoms with Gasteiger partial charge in [-0.1, -0.05) is 0 Å². The van der Waals surface area contributed by atoms with Crippen LogP contribution in [0.2, 0.25) is 0 Å². The highest BCUT2D eigenvalue weighted by Crippen LogP contribution is 2.24. The topological polar surface area (TPSA) is 128 Å². The molecule has 0 saturated carbocycles. The lowest BCUT2D eigenvalue weighted by atomic mass is 10.1. The molecular weight excluding hydrogens is 316 g/mol. The first-order chi connectivity index (χ1) is 11.4. The number of benzene rings is 1. The first-order valence-corrected chi connectivity index (χ1v) is 7.09. The molecule has 2 amide bonds. The largest absolute Gasteiger partial charge is 0.497 e. The highest BCUT2D eigenvalue weighted by atomic mass is 16.5. The van der Waals surface area contributed by atoms with E-state index in [0.29, 0.717) is 17.1 Å². The molecule has 1 unspecified atom stereocenters. The van der Waals surface area contributed by atoms with Crippen molar-refractivity contribution in [2.75, 3.05) is 14.2 Å². The quantitative estimate of drug-likeness (QED) is 0.565. The van der Waals surface area contributed by atoms with Gasteiger partial charge in [0.05, 0.1) is 14.2 Å². The Hall–Kier alpha value is -3.03. The van der Waals surface area contributed by atoms with E-state index in [0.717, 1.165) is 0 Å². The van der Waals surface area contributed by atoms with Gasteiger partial charge in [-0.3, -0.25) is 9.59 Å². The number of aliphatic carboxylic acids is 1. The number of nitrogens with two attached hydrogens (primary N) is 1. The highest BCUT2D eigenvalue weighted by molar-refractivity contribution is 5.94. The molecule has 24 heavy (non-hydrogen) atoms. The summed E-state index contributed by atoms with van der Waals surface area (Å²) in [5.74, 6) is -1.37. The number of amides is 2. The predicted molar refractivity (Wildman–Crippen MR) is 86.6 cm³/mol. The summed E-state index contributed by atoms with van der Waals surface area (Å²) in [6.07, 6.45) is 2.44. The zero-order chi connectivity index (χ0) is 18.1. The Morgan fingerprint density at radius 2 is 2.00 bits per heavy atom. The van der Waals surface area contributed by atoms with Crippen LogP contribution in [-0.2, 0) is 14.4 Å². The summed E-state index contributed by atoms with van der Waals surface area (Å²) in [7, 11) is 3.00. The number of carboxylic acid groups (broad SMARTS) is 1. The number of primary amides is 1. The Bertz CT molecular complexity index is 641. The standard InChI is InChI=1S/C16H20N2O6/c1-23-11-4-6-13(24-2)10(9-11)3-8-15(20)18-12(16(21)22)5-7-14(17)19/h3-4,6,8-9,12H,5,7H2,1-2H3,(H2,17,19)(H,18,20)(H,21,22)/b8-3+. The van der Waals surface area contributed by atoms with Crippen LogP contribution in [0.1, 0.15) is 18.4 Å². The molecule has 0 bridgehead atoms. The Morgan fingerprint density at radius 1 is 1.29 bits per heavy atom. The molecule has 8 heteroatoms. The van der Waals surface area contributed by atoms with Gasteiger partial charge >= 0.3 is 5.97 Å². The van der Waals surface area contributed by atoms with E-state index < -0.39 is 23.8 Å². The number of rotatable bonds is 9. The molecule has 1 atom stereocenters. The summed E-state index contributed by atoms with van der Waals surface area (Å²) < 4.78 is 10.3. The molecule has 0 saturated heterocycles. The third kappa shape index (κ3) is 5.99. The number of ether oxygens (including phenoxy) is 2. The van der Waals surface area contributed by atoms with E-state index in [1.54, 1.807) is 18.2 Å². The lowest BCUT2D eigenvalue weighted by molar-refractivity contribution is -0.141. The summed E-state index contributed by atoms with van der Waals surface area (Å²) in [6, 6.07) is 3.87. The van der Waals surface area contributed by atoms with Gasteiger partial charge in [0.15, 0.2) is 0 Å². The van der Waals surface area contributed by atoms with Crippen molar-refractivity contribution in [3.05, 3.63) is 29.8 Å². The second-order valence-corrected chi connectivity index (χ2v) is 4.85. The van der Waals surface area contributed by atoms with E-state index in [1.807, 2.05) is 0 Å². The second kappa shape index (κ2) is 9.19. The molecule has 130 valence electrons. The minimum absolute atomic E-state index is 0.0767. The van der Waals surface area contributed by atoms with Crippen molar-refractivity contribution in [1.82, 2.24) is 5.32 Å². The maximum Gasteiger partial charge on any atom is 0.326 e. The Balaban J connectivity index is 2.80. The fourth-order valence-electron chi connectivity index (χ4n) is 1.90. The molecule has 0 aliphatic heterocycles. The molecule has 0 aliphatic carbocycles. The van der Waals surface area contributed by atoms with Crippen LogP contribution < -0.4 is 20.5 Å². The SMILES string of the molecule is COc1ccc(OC)c(/C=C/C(=O)NC(CCC(N)=O)C(=O)O)c1. The average Bonchev–Trinajstić information content (AvgIpc) is 2.55. The van der Waals surface area contributed by atoms with Gasteiger partial charge in [0, 0.05) is 18.1 Å². The number of carboxylic acids is 1. The number of nitrogens with one attached hydrogen (secondary N) is 1. The molecule has 0 fully saturated rings. The van der Waals surface area contributed by atoms with E-state index in [2.05, 4.69) is 5.32 Å². The summed E-state index contributed by atoms with van der Waals surface area (Å²) >= 11 is 0. The number of hydrogen-bond acceptors (Lipinski definition) is 5. The first kappa shape index (κ1) is 19.0. The van der Waals surface area contributed by atoms with Crippen LogP contribution in [0.3, 0.4) is 0 Å². The van der Waals surface area contributed by atoms with Gasteiger partial charge in [0.1, 0.15) is 17.5 Å². The van der Waals surface area contributed by atoms with Crippen molar-refractivity contribution in [2.24, 2.45) is 5.73 Å². The van der Waals surface area contributed by atoms with Gasteiger partial charge in [-0.2, -0.15) is 0 Å². The van der Waals surface area contributed by atoms with Crippen molar-refractivity contribution in [2.45, 2.75) is 18.9 Å². The minimum atomic E-state index is -1.24. The van der Waals surface area contributed by atoms with Crippen molar-refractivity contribution in [1.29, 1.82) is 0 Å². The monoisotopic (exact) mass is 336 g/mol. The van der Waals surface area contributed by atoms with Crippen LogP contribution in [0.25, 0.3) is 6.08 Å². The predicted octanol–water partition coefficient (Wildman–Crippen LogP) is 0.552. The van der Waals surface area contributed by atoms with Gasteiger partial charge < -0.3 is 25.6 Å². The molecule has 8 nitrogen and oxygen atoms in total. The Morgan fingerprint density at radius 3 is 2.54 bits per heavy atom. The van der Waals surface area contributed by atoms with Crippen LogP contribution in [0.5, 0.6) is 11.5 Å². The molecule has 0 heterocycles. The lowest BCUT2D eigenvalue weighted by Crippen LogP contribution is -2.40. The molecule has 0 spiro atoms. The number of methoxy groups -OCH3 is 2. The zero-order valence-electron chi connectivity index (χ0n) is 13.4. The molecule has 1 rings (SSSR count). The lowest BCUT2D eigenvalue weighted by Gasteiger charge is -2.12. The molecule has 1 aromatic carbocycles. The molecule has 1 aromatic rings. The molecular formula is C16H20N2O6. The number of carbonyl (C=O) groups is 3. The third-order valence-electron chi connectivity index (χ3n) is 3.15. The van der Waals surface area contributed by atoms with Crippen LogP contribution in [0.4, 0.5) is 0 Å². The Labute approximate surface area is 139 Å². The van der Waals surface area contributed by atoms with E-state index >= 15 is 0 Å². The minimum Gasteiger partial charge on any atom is -0.497 e. The molecule has 0 aliphatic rings. The number of carbonyl (C=O) groups excluding carboxylic acids is 2. The van der Waals surface area contributed by atoms with E-state index in [4.69, 9.17) is 20.3 Å². The molecule has 0 radical (unpaired) electrons.